The molecule has 0 radical (unpaired) electrons. The minimum Gasteiger partial charge on any atom is -0.355 e. The van der Waals surface area contributed by atoms with Crippen molar-refractivity contribution in [2.75, 3.05) is 24.5 Å². The Balaban J connectivity index is 1.46. The third kappa shape index (κ3) is 4.51. The maximum Gasteiger partial charge on any atom is 0.224 e. The Hall–Kier alpha value is -1.95. The Kier molecular flexibility index (Phi) is 5.23. The minimum atomic E-state index is -0.279. The summed E-state index contributed by atoms with van der Waals surface area (Å²) in [6.07, 6.45) is 4.37. The summed E-state index contributed by atoms with van der Waals surface area (Å²) in [7, 11) is 0. The van der Waals surface area contributed by atoms with Crippen LogP contribution < -0.4 is 10.2 Å². The van der Waals surface area contributed by atoms with Gasteiger partial charge in [0.05, 0.1) is 6.42 Å². The van der Waals surface area contributed by atoms with Crippen LogP contribution in [0.2, 0.25) is 0 Å². The number of nitrogens with zero attached hydrogens (tertiary/aromatic N) is 2. The Labute approximate surface area is 139 Å². The van der Waals surface area contributed by atoms with Gasteiger partial charge in [0.25, 0.3) is 0 Å². The lowest BCUT2D eigenvalue weighted by Crippen LogP contribution is -2.41. The summed E-state index contributed by atoms with van der Waals surface area (Å²) in [5, 5.41) is 6.06. The van der Waals surface area contributed by atoms with E-state index in [1.807, 2.05) is 11.6 Å². The molecule has 4 nitrogen and oxygen atoms in total. The molecule has 2 heterocycles. The Bertz CT molecular complexity index is 630. The predicted octanol–water partition coefficient (Wildman–Crippen LogP) is 2.86. The average Bonchev–Trinajstić information content (AvgIpc) is 3.10. The van der Waals surface area contributed by atoms with E-state index in [1.54, 1.807) is 23.5 Å². The van der Waals surface area contributed by atoms with Crippen LogP contribution in [0.5, 0.6) is 0 Å². The van der Waals surface area contributed by atoms with Crippen LogP contribution in [0.1, 0.15) is 18.4 Å². The number of hydrogen-bond acceptors (Lipinski definition) is 4. The van der Waals surface area contributed by atoms with Gasteiger partial charge in [0.15, 0.2) is 5.13 Å². The summed E-state index contributed by atoms with van der Waals surface area (Å²) in [5.41, 5.74) is 0.831. The molecule has 6 heteroatoms. The van der Waals surface area contributed by atoms with Crippen molar-refractivity contribution in [1.29, 1.82) is 0 Å². The smallest absolute Gasteiger partial charge is 0.224 e. The van der Waals surface area contributed by atoms with E-state index in [9.17, 15) is 9.18 Å². The van der Waals surface area contributed by atoms with Gasteiger partial charge in [0.1, 0.15) is 5.82 Å². The lowest BCUT2D eigenvalue weighted by atomic mass is 9.98. The van der Waals surface area contributed by atoms with E-state index in [0.29, 0.717) is 18.9 Å². The lowest BCUT2D eigenvalue weighted by molar-refractivity contribution is -0.120. The quantitative estimate of drug-likeness (QED) is 0.915. The molecular formula is C17H20FN3OS. The molecule has 1 N–H and O–H groups in total. The Morgan fingerprint density at radius 1 is 1.39 bits per heavy atom. The molecule has 0 saturated carbocycles. The molecular weight excluding hydrogens is 313 g/mol. The molecule has 0 spiro atoms. The van der Waals surface area contributed by atoms with Gasteiger partial charge in [-0.25, -0.2) is 9.37 Å². The van der Waals surface area contributed by atoms with Crippen LogP contribution in [0.25, 0.3) is 0 Å². The van der Waals surface area contributed by atoms with Crippen molar-refractivity contribution in [2.45, 2.75) is 19.3 Å². The van der Waals surface area contributed by atoms with Gasteiger partial charge in [-0.05, 0) is 36.5 Å². The molecule has 1 aromatic heterocycles. The van der Waals surface area contributed by atoms with Crippen molar-refractivity contribution in [2.24, 2.45) is 5.92 Å². The zero-order chi connectivity index (χ0) is 16.1. The first-order valence-corrected chi connectivity index (χ1v) is 8.74. The largest absolute Gasteiger partial charge is 0.355 e. The van der Waals surface area contributed by atoms with Crippen LogP contribution in [0, 0.1) is 11.7 Å². The summed E-state index contributed by atoms with van der Waals surface area (Å²) in [6.45, 7) is 2.65. The van der Waals surface area contributed by atoms with Gasteiger partial charge in [0, 0.05) is 31.2 Å². The number of piperidine rings is 1. The maximum absolute atomic E-state index is 12.9. The highest BCUT2D eigenvalue weighted by Crippen LogP contribution is 2.24. The van der Waals surface area contributed by atoms with Gasteiger partial charge in [-0.2, -0.15) is 0 Å². The highest BCUT2D eigenvalue weighted by Gasteiger charge is 2.21. The molecule has 1 unspecified atom stereocenters. The maximum atomic E-state index is 12.9. The van der Waals surface area contributed by atoms with Crippen molar-refractivity contribution < 1.29 is 9.18 Å². The summed E-state index contributed by atoms with van der Waals surface area (Å²) < 4.78 is 12.9. The third-order valence-electron chi connectivity index (χ3n) is 4.07. The molecule has 1 fully saturated rings. The minimum absolute atomic E-state index is 0.0111. The zero-order valence-electron chi connectivity index (χ0n) is 12.9. The molecule has 3 rings (SSSR count). The highest BCUT2D eigenvalue weighted by atomic mass is 32.1. The van der Waals surface area contributed by atoms with Crippen molar-refractivity contribution >= 4 is 22.4 Å². The third-order valence-corrected chi connectivity index (χ3v) is 4.91. The summed E-state index contributed by atoms with van der Waals surface area (Å²) in [5.74, 6) is 0.159. The highest BCUT2D eigenvalue weighted by molar-refractivity contribution is 7.13. The normalized spacial score (nSPS) is 18.0. The van der Waals surface area contributed by atoms with Gasteiger partial charge in [-0.1, -0.05) is 12.1 Å². The fourth-order valence-corrected chi connectivity index (χ4v) is 3.57. The average molecular weight is 333 g/mol. The van der Waals surface area contributed by atoms with E-state index in [2.05, 4.69) is 15.2 Å². The monoisotopic (exact) mass is 333 g/mol. The molecule has 1 aliphatic rings. The topological polar surface area (TPSA) is 45.2 Å². The van der Waals surface area contributed by atoms with E-state index in [0.717, 1.165) is 36.6 Å². The first-order chi connectivity index (χ1) is 11.2. The van der Waals surface area contributed by atoms with Gasteiger partial charge >= 0.3 is 0 Å². The predicted molar refractivity (Wildman–Crippen MR) is 90.2 cm³/mol. The second-order valence-corrected chi connectivity index (χ2v) is 6.75. The number of rotatable bonds is 5. The molecule has 1 amide bonds. The van der Waals surface area contributed by atoms with Crippen LogP contribution in [0.15, 0.2) is 35.8 Å². The van der Waals surface area contributed by atoms with E-state index < -0.39 is 0 Å². The Morgan fingerprint density at radius 2 is 2.22 bits per heavy atom. The zero-order valence-corrected chi connectivity index (χ0v) is 13.7. The SMILES string of the molecule is O=C(Cc1ccc(F)cc1)NCC1CCCN(c2nccs2)C1. The fraction of sp³-hybridized carbons (Fsp3) is 0.412. The van der Waals surface area contributed by atoms with Gasteiger partial charge < -0.3 is 10.2 Å². The molecule has 2 aromatic rings. The summed E-state index contributed by atoms with van der Waals surface area (Å²) in [6, 6.07) is 6.07. The van der Waals surface area contributed by atoms with E-state index in [-0.39, 0.29) is 11.7 Å². The molecule has 0 aliphatic carbocycles. The van der Waals surface area contributed by atoms with Crippen LogP contribution in [0.3, 0.4) is 0 Å². The number of carbonyl (C=O) groups is 1. The van der Waals surface area contributed by atoms with Crippen LogP contribution in [-0.4, -0.2) is 30.5 Å². The lowest BCUT2D eigenvalue weighted by Gasteiger charge is -2.32. The first kappa shape index (κ1) is 15.9. The number of aromatic nitrogens is 1. The van der Waals surface area contributed by atoms with Crippen LogP contribution in [-0.2, 0) is 11.2 Å². The van der Waals surface area contributed by atoms with Crippen molar-refractivity contribution in [3.63, 3.8) is 0 Å². The fourth-order valence-electron chi connectivity index (χ4n) is 2.89. The molecule has 1 atom stereocenters. The number of hydrogen-bond donors (Lipinski definition) is 1. The second kappa shape index (κ2) is 7.55. The number of amides is 1. The number of benzene rings is 1. The van der Waals surface area contributed by atoms with Gasteiger partial charge in [-0.15, -0.1) is 11.3 Å². The van der Waals surface area contributed by atoms with E-state index >= 15 is 0 Å². The summed E-state index contributed by atoms with van der Waals surface area (Å²) in [4.78, 5) is 18.7. The molecule has 1 aromatic carbocycles. The second-order valence-electron chi connectivity index (χ2n) is 5.88. The van der Waals surface area contributed by atoms with Crippen LogP contribution >= 0.6 is 11.3 Å². The van der Waals surface area contributed by atoms with E-state index in [4.69, 9.17) is 0 Å². The number of nitrogens with one attached hydrogen (secondary N) is 1. The molecule has 0 bridgehead atoms. The van der Waals surface area contributed by atoms with Gasteiger partial charge in [-0.3, -0.25) is 4.79 Å². The number of anilines is 1. The Morgan fingerprint density at radius 3 is 2.96 bits per heavy atom. The molecule has 23 heavy (non-hydrogen) atoms. The standard InChI is InChI=1S/C17H20FN3OS/c18-15-5-3-13(4-6-15)10-16(22)20-11-14-2-1-8-21(12-14)17-19-7-9-23-17/h3-7,9,14H,1-2,8,10-12H2,(H,20,22). The molecule has 122 valence electrons. The number of thiazole rings is 1. The van der Waals surface area contributed by atoms with Crippen molar-refractivity contribution in [3.8, 4) is 0 Å². The number of halogens is 1. The molecule has 1 aliphatic heterocycles. The van der Waals surface area contributed by atoms with Gasteiger partial charge in [0.2, 0.25) is 5.91 Å². The summed E-state index contributed by atoms with van der Waals surface area (Å²) >= 11 is 1.66. The number of carbonyl (C=O) groups excluding carboxylic acids is 1. The van der Waals surface area contributed by atoms with E-state index in [1.165, 1.54) is 12.1 Å². The molecule has 1 saturated heterocycles. The van der Waals surface area contributed by atoms with Crippen LogP contribution in [0.4, 0.5) is 9.52 Å². The van der Waals surface area contributed by atoms with Crippen molar-refractivity contribution in [3.05, 3.63) is 47.2 Å². The first-order valence-electron chi connectivity index (χ1n) is 7.86. The van der Waals surface area contributed by atoms with Crippen molar-refractivity contribution in [1.82, 2.24) is 10.3 Å².